The van der Waals surface area contributed by atoms with Crippen LogP contribution >= 0.6 is 0 Å². The van der Waals surface area contributed by atoms with Crippen LogP contribution in [0, 0.1) is 5.92 Å². The predicted molar refractivity (Wildman–Crippen MR) is 87.8 cm³/mol. The predicted octanol–water partition coefficient (Wildman–Crippen LogP) is 5.99. The summed E-state index contributed by atoms with van der Waals surface area (Å²) >= 11 is 0. The van der Waals surface area contributed by atoms with E-state index >= 15 is 0 Å². The lowest BCUT2D eigenvalue weighted by molar-refractivity contribution is 0.608. The number of hydrogen-bond donors (Lipinski definition) is 0. The molecule has 0 spiro atoms. The molecule has 0 aliphatic rings. The highest BCUT2D eigenvalue weighted by molar-refractivity contribution is 5.32. The van der Waals surface area contributed by atoms with E-state index in [0.29, 0.717) is 5.92 Å². The van der Waals surface area contributed by atoms with Crippen LogP contribution in [0.2, 0.25) is 0 Å². The molecule has 0 fully saturated rings. The van der Waals surface area contributed by atoms with Crippen molar-refractivity contribution in [3.8, 4) is 0 Å². The molecular weight excluding hydrogens is 240 g/mol. The van der Waals surface area contributed by atoms with Crippen molar-refractivity contribution in [3.63, 3.8) is 0 Å². The van der Waals surface area contributed by atoms with Gasteiger partial charge in [-0.15, -0.1) is 0 Å². The molecule has 0 saturated carbocycles. The van der Waals surface area contributed by atoms with Crippen LogP contribution < -0.4 is 0 Å². The van der Waals surface area contributed by atoms with Crippen molar-refractivity contribution in [2.75, 3.05) is 0 Å². The molecule has 2 aromatic rings. The Bertz CT molecular complexity index is 430. The van der Waals surface area contributed by atoms with E-state index in [1.165, 1.54) is 36.8 Å². The standard InChI is InChI=1S/C20H25/c1-17(2)11-9-10-16-20(18-12-5-3-6-13-18)19-14-7-4-8-15-19/h3-8,12-15,20H,9-11,16H2,1-2H3. The molecule has 2 aromatic carbocycles. The zero-order chi connectivity index (χ0) is 14.2. The molecule has 0 aromatic heterocycles. The van der Waals surface area contributed by atoms with Gasteiger partial charge in [0.05, 0.1) is 0 Å². The van der Waals surface area contributed by atoms with Crippen LogP contribution in [0.5, 0.6) is 0 Å². The van der Waals surface area contributed by atoms with Crippen LogP contribution in [0.15, 0.2) is 60.7 Å². The van der Waals surface area contributed by atoms with Gasteiger partial charge in [-0.05, 0) is 29.9 Å². The van der Waals surface area contributed by atoms with Crippen molar-refractivity contribution in [1.82, 2.24) is 0 Å². The Morgan fingerprint density at radius 3 is 1.70 bits per heavy atom. The van der Waals surface area contributed by atoms with Gasteiger partial charge in [0, 0.05) is 5.92 Å². The molecule has 0 heteroatoms. The molecule has 2 rings (SSSR count). The van der Waals surface area contributed by atoms with E-state index in [4.69, 9.17) is 0 Å². The Morgan fingerprint density at radius 1 is 0.750 bits per heavy atom. The van der Waals surface area contributed by atoms with E-state index in [0.717, 1.165) is 0 Å². The molecule has 0 N–H and O–H groups in total. The Hall–Kier alpha value is -1.56. The first-order valence-corrected chi connectivity index (χ1v) is 7.66. The summed E-state index contributed by atoms with van der Waals surface area (Å²) < 4.78 is 0. The number of hydrogen-bond acceptors (Lipinski definition) is 0. The summed E-state index contributed by atoms with van der Waals surface area (Å²) in [5.41, 5.74) is 2.88. The minimum Gasteiger partial charge on any atom is -0.0622 e. The topological polar surface area (TPSA) is 0 Å². The minimum absolute atomic E-state index is 0.537. The van der Waals surface area contributed by atoms with Crippen LogP contribution in [-0.2, 0) is 0 Å². The highest BCUT2D eigenvalue weighted by atomic mass is 14.2. The highest BCUT2D eigenvalue weighted by Gasteiger charge is 2.13. The van der Waals surface area contributed by atoms with Crippen molar-refractivity contribution in [2.45, 2.75) is 45.4 Å². The molecule has 0 unspecified atom stereocenters. The summed E-state index contributed by atoms with van der Waals surface area (Å²) in [6, 6.07) is 21.8. The van der Waals surface area contributed by atoms with Gasteiger partial charge in [-0.25, -0.2) is 0 Å². The van der Waals surface area contributed by atoms with Crippen molar-refractivity contribution in [2.24, 2.45) is 0 Å². The molecule has 0 amide bonds. The Balaban J connectivity index is 2.06. The van der Waals surface area contributed by atoms with Gasteiger partial charge >= 0.3 is 0 Å². The lowest BCUT2D eigenvalue weighted by atomic mass is 9.86. The van der Waals surface area contributed by atoms with Gasteiger partial charge in [0.1, 0.15) is 0 Å². The lowest BCUT2D eigenvalue weighted by Crippen LogP contribution is -2.01. The first-order chi connectivity index (χ1) is 9.77. The fourth-order valence-electron chi connectivity index (χ4n) is 2.72. The van der Waals surface area contributed by atoms with E-state index < -0.39 is 0 Å². The van der Waals surface area contributed by atoms with E-state index in [1.54, 1.807) is 5.92 Å². The quantitative estimate of drug-likeness (QED) is 0.539. The molecule has 0 heterocycles. The molecule has 0 atom stereocenters. The molecular formula is C20H25. The van der Waals surface area contributed by atoms with Crippen LogP contribution in [0.25, 0.3) is 0 Å². The monoisotopic (exact) mass is 265 g/mol. The van der Waals surface area contributed by atoms with Crippen molar-refractivity contribution in [3.05, 3.63) is 77.7 Å². The number of rotatable bonds is 7. The Kier molecular flexibility index (Phi) is 5.86. The van der Waals surface area contributed by atoms with Crippen molar-refractivity contribution < 1.29 is 0 Å². The third kappa shape index (κ3) is 4.52. The van der Waals surface area contributed by atoms with Gasteiger partial charge in [0.25, 0.3) is 0 Å². The fourth-order valence-corrected chi connectivity index (χ4v) is 2.72. The molecule has 0 aliphatic heterocycles. The molecule has 0 bridgehead atoms. The Morgan fingerprint density at radius 2 is 1.25 bits per heavy atom. The second kappa shape index (κ2) is 7.89. The van der Waals surface area contributed by atoms with E-state index in [-0.39, 0.29) is 0 Å². The summed E-state index contributed by atoms with van der Waals surface area (Å²) in [6.45, 7) is 4.46. The maximum atomic E-state index is 2.26. The van der Waals surface area contributed by atoms with E-state index in [2.05, 4.69) is 74.5 Å². The lowest BCUT2D eigenvalue weighted by Gasteiger charge is -2.18. The highest BCUT2D eigenvalue weighted by Crippen LogP contribution is 2.30. The van der Waals surface area contributed by atoms with Gasteiger partial charge in [0.15, 0.2) is 0 Å². The molecule has 0 saturated heterocycles. The van der Waals surface area contributed by atoms with Gasteiger partial charge in [-0.1, -0.05) is 87.4 Å². The average Bonchev–Trinajstić information content (AvgIpc) is 2.49. The van der Waals surface area contributed by atoms with Crippen molar-refractivity contribution in [1.29, 1.82) is 0 Å². The van der Waals surface area contributed by atoms with Crippen LogP contribution in [0.4, 0.5) is 0 Å². The first-order valence-electron chi connectivity index (χ1n) is 7.66. The molecule has 0 nitrogen and oxygen atoms in total. The smallest absolute Gasteiger partial charge is 0.00893 e. The normalized spacial score (nSPS) is 11.2. The Labute approximate surface area is 123 Å². The zero-order valence-corrected chi connectivity index (χ0v) is 12.7. The average molecular weight is 265 g/mol. The van der Waals surface area contributed by atoms with E-state index in [1.807, 2.05) is 0 Å². The van der Waals surface area contributed by atoms with Crippen LogP contribution in [-0.4, -0.2) is 0 Å². The largest absolute Gasteiger partial charge is 0.0622 e. The summed E-state index contributed by atoms with van der Waals surface area (Å²) in [4.78, 5) is 0. The molecule has 0 aliphatic carbocycles. The third-order valence-corrected chi connectivity index (χ3v) is 3.82. The summed E-state index contributed by atoms with van der Waals surface area (Å²) in [7, 11) is 0. The van der Waals surface area contributed by atoms with Gasteiger partial charge in [-0.3, -0.25) is 0 Å². The van der Waals surface area contributed by atoms with Crippen LogP contribution in [0.1, 0.15) is 56.6 Å². The maximum Gasteiger partial charge on any atom is 0.00893 e. The van der Waals surface area contributed by atoms with Gasteiger partial charge in [-0.2, -0.15) is 0 Å². The fraction of sp³-hybridized carbons (Fsp3) is 0.350. The second-order valence-electron chi connectivity index (χ2n) is 5.83. The van der Waals surface area contributed by atoms with Gasteiger partial charge < -0.3 is 0 Å². The SMILES string of the molecule is C[C](C)CCCCC(c1ccccc1)c1ccccc1. The number of unbranched alkanes of at least 4 members (excludes halogenated alkanes) is 1. The summed E-state index contributed by atoms with van der Waals surface area (Å²) in [5, 5.41) is 0. The number of benzene rings is 2. The zero-order valence-electron chi connectivity index (χ0n) is 12.7. The van der Waals surface area contributed by atoms with Crippen LogP contribution in [0.3, 0.4) is 0 Å². The third-order valence-electron chi connectivity index (χ3n) is 3.82. The molecule has 1 radical (unpaired) electrons. The second-order valence-corrected chi connectivity index (χ2v) is 5.83. The molecule has 105 valence electrons. The summed E-state index contributed by atoms with van der Waals surface area (Å²) in [5.74, 6) is 2.08. The maximum absolute atomic E-state index is 2.26. The van der Waals surface area contributed by atoms with Gasteiger partial charge in [0.2, 0.25) is 0 Å². The first kappa shape index (κ1) is 14.8. The van der Waals surface area contributed by atoms with E-state index in [9.17, 15) is 0 Å². The summed E-state index contributed by atoms with van der Waals surface area (Å²) in [6.07, 6.45) is 5.09. The van der Waals surface area contributed by atoms with Crippen molar-refractivity contribution >= 4 is 0 Å². The molecule has 20 heavy (non-hydrogen) atoms. The minimum atomic E-state index is 0.537.